The van der Waals surface area contributed by atoms with Crippen molar-refractivity contribution in [1.29, 1.82) is 5.26 Å². The number of pyridine rings is 1. The molecule has 4 rings (SSSR count). The van der Waals surface area contributed by atoms with Crippen molar-refractivity contribution < 1.29 is 14.6 Å². The zero-order valence-electron chi connectivity index (χ0n) is 17.9. The zero-order chi connectivity index (χ0) is 22.6. The summed E-state index contributed by atoms with van der Waals surface area (Å²) < 4.78 is 10.7. The Hall–Kier alpha value is -3.74. The molecule has 1 aliphatic rings. The van der Waals surface area contributed by atoms with E-state index in [4.69, 9.17) is 9.47 Å². The highest BCUT2D eigenvalue weighted by Crippen LogP contribution is 2.41. The normalized spacial score (nSPS) is 16.7. The highest BCUT2D eigenvalue weighted by Gasteiger charge is 2.35. The number of aliphatic hydroxyl groups is 1. The molecule has 3 aromatic rings. The van der Waals surface area contributed by atoms with Crippen LogP contribution in [0.25, 0.3) is 11.3 Å². The number of hydrogen-bond acceptors (Lipinski definition) is 9. The molecular weight excluding hydrogens is 408 g/mol. The number of nitrogens with zero attached hydrogens (tertiary/aromatic N) is 4. The monoisotopic (exact) mass is 432 g/mol. The number of fused-ring (bicyclic) bond motifs is 1. The maximum absolute atomic E-state index is 9.92. The fourth-order valence-electron chi connectivity index (χ4n) is 3.59. The fraction of sp³-hybridized carbons (Fsp3) is 0.304. The number of aromatic nitrogens is 3. The number of aliphatic hydroxyl groups excluding tert-OH is 1. The van der Waals surface area contributed by atoms with Crippen LogP contribution in [0.2, 0.25) is 0 Å². The molecular formula is C23H24N6O3. The molecule has 1 aliphatic heterocycles. The smallest absolute Gasteiger partial charge is 0.237 e. The third-order valence-electron chi connectivity index (χ3n) is 5.41. The van der Waals surface area contributed by atoms with E-state index in [1.54, 1.807) is 37.7 Å². The predicted octanol–water partition coefficient (Wildman–Crippen LogP) is 2.85. The molecule has 0 saturated carbocycles. The number of nitriles is 1. The first-order valence-corrected chi connectivity index (χ1v) is 10.2. The third kappa shape index (κ3) is 4.19. The van der Waals surface area contributed by atoms with Crippen molar-refractivity contribution in [3.63, 3.8) is 0 Å². The van der Waals surface area contributed by atoms with E-state index >= 15 is 0 Å². The van der Waals surface area contributed by atoms with Crippen molar-refractivity contribution in [3.8, 4) is 23.2 Å². The van der Waals surface area contributed by atoms with Gasteiger partial charge in [0.05, 0.1) is 30.2 Å². The summed E-state index contributed by atoms with van der Waals surface area (Å²) in [6.07, 6.45) is 3.29. The van der Waals surface area contributed by atoms with Crippen LogP contribution in [-0.2, 0) is 10.2 Å². The number of benzene rings is 1. The molecule has 32 heavy (non-hydrogen) atoms. The van der Waals surface area contributed by atoms with Gasteiger partial charge in [-0.2, -0.15) is 5.26 Å². The van der Waals surface area contributed by atoms with E-state index in [1.807, 2.05) is 19.1 Å². The molecule has 1 aromatic carbocycles. The van der Waals surface area contributed by atoms with Gasteiger partial charge in [-0.25, -0.2) is 15.0 Å². The molecule has 3 N–H and O–H groups in total. The van der Waals surface area contributed by atoms with E-state index in [0.29, 0.717) is 48.5 Å². The highest BCUT2D eigenvalue weighted by atomic mass is 16.5. The van der Waals surface area contributed by atoms with Gasteiger partial charge in [0.1, 0.15) is 18.4 Å². The van der Waals surface area contributed by atoms with Crippen LogP contribution >= 0.6 is 0 Å². The van der Waals surface area contributed by atoms with E-state index < -0.39 is 5.41 Å². The van der Waals surface area contributed by atoms with Gasteiger partial charge in [0.2, 0.25) is 11.8 Å². The lowest BCUT2D eigenvalue weighted by Gasteiger charge is -2.21. The summed E-state index contributed by atoms with van der Waals surface area (Å²) in [5.41, 5.74) is 3.79. The fourth-order valence-corrected chi connectivity index (χ4v) is 3.59. The number of hydrogen-bond donors (Lipinski definition) is 3. The SMILES string of the molecule is COCCOc1ncccc1Nc1nccc(-c2cc(C#N)c3c(c2)C(C)(CO)CN3)n1. The Balaban J connectivity index is 1.66. The highest BCUT2D eigenvalue weighted by molar-refractivity contribution is 5.76. The van der Waals surface area contributed by atoms with Gasteiger partial charge in [-0.1, -0.05) is 6.92 Å². The Labute approximate surface area is 186 Å². The molecule has 9 nitrogen and oxygen atoms in total. The zero-order valence-corrected chi connectivity index (χ0v) is 17.9. The average Bonchev–Trinajstić information content (AvgIpc) is 3.17. The molecule has 0 radical (unpaired) electrons. The number of rotatable bonds is 8. The number of ether oxygens (including phenoxy) is 2. The van der Waals surface area contributed by atoms with Crippen LogP contribution in [0.1, 0.15) is 18.1 Å². The Bertz CT molecular complexity index is 1160. The lowest BCUT2D eigenvalue weighted by atomic mass is 9.83. The van der Waals surface area contributed by atoms with Crippen LogP contribution in [0, 0.1) is 11.3 Å². The molecule has 0 aliphatic carbocycles. The maximum atomic E-state index is 9.92. The van der Waals surface area contributed by atoms with Crippen LogP contribution < -0.4 is 15.4 Å². The molecule has 0 spiro atoms. The van der Waals surface area contributed by atoms with Gasteiger partial charge < -0.3 is 25.2 Å². The minimum Gasteiger partial charge on any atom is -0.474 e. The van der Waals surface area contributed by atoms with Crippen LogP contribution in [0.5, 0.6) is 5.88 Å². The minimum atomic E-state index is -0.463. The van der Waals surface area contributed by atoms with Crippen LogP contribution in [-0.4, -0.2) is 53.5 Å². The quantitative estimate of drug-likeness (QED) is 0.461. The second kappa shape index (κ2) is 9.18. The first-order valence-electron chi connectivity index (χ1n) is 10.2. The third-order valence-corrected chi connectivity index (χ3v) is 5.41. The summed E-state index contributed by atoms with van der Waals surface area (Å²) in [4.78, 5) is 13.2. The van der Waals surface area contributed by atoms with Crippen molar-refractivity contribution in [1.82, 2.24) is 15.0 Å². The number of nitrogens with one attached hydrogen (secondary N) is 2. The molecule has 0 bridgehead atoms. The largest absolute Gasteiger partial charge is 0.474 e. The van der Waals surface area contributed by atoms with E-state index in [1.165, 1.54) is 0 Å². The molecule has 0 fully saturated rings. The Kier molecular flexibility index (Phi) is 6.16. The molecule has 9 heteroatoms. The lowest BCUT2D eigenvalue weighted by molar-refractivity contribution is 0.144. The summed E-state index contributed by atoms with van der Waals surface area (Å²) >= 11 is 0. The molecule has 2 aromatic heterocycles. The minimum absolute atomic E-state index is 0.0231. The average molecular weight is 432 g/mol. The summed E-state index contributed by atoms with van der Waals surface area (Å²) in [6.45, 7) is 3.33. The van der Waals surface area contributed by atoms with E-state index in [9.17, 15) is 10.4 Å². The molecule has 0 saturated heterocycles. The van der Waals surface area contributed by atoms with Crippen molar-refractivity contribution in [2.24, 2.45) is 0 Å². The van der Waals surface area contributed by atoms with Gasteiger partial charge in [0.25, 0.3) is 0 Å². The molecule has 1 atom stereocenters. The maximum Gasteiger partial charge on any atom is 0.237 e. The number of methoxy groups -OCH3 is 1. The Morgan fingerprint density at radius 3 is 2.91 bits per heavy atom. The van der Waals surface area contributed by atoms with Crippen molar-refractivity contribution in [3.05, 3.63) is 53.9 Å². The number of anilines is 3. The van der Waals surface area contributed by atoms with Gasteiger partial charge in [-0.15, -0.1) is 0 Å². The molecule has 164 valence electrons. The molecule has 3 heterocycles. The summed E-state index contributed by atoms with van der Waals surface area (Å²) in [5.74, 6) is 0.793. The van der Waals surface area contributed by atoms with Gasteiger partial charge in [0, 0.05) is 37.0 Å². The van der Waals surface area contributed by atoms with E-state index in [-0.39, 0.29) is 6.61 Å². The Morgan fingerprint density at radius 1 is 1.25 bits per heavy atom. The second-order valence-electron chi connectivity index (χ2n) is 7.72. The van der Waals surface area contributed by atoms with Gasteiger partial charge >= 0.3 is 0 Å². The van der Waals surface area contributed by atoms with Crippen molar-refractivity contribution >= 4 is 17.3 Å². The molecule has 0 amide bonds. The van der Waals surface area contributed by atoms with Crippen molar-refractivity contribution in [2.45, 2.75) is 12.3 Å². The topological polar surface area (TPSA) is 125 Å². The Morgan fingerprint density at radius 2 is 2.12 bits per heavy atom. The lowest BCUT2D eigenvalue weighted by Crippen LogP contribution is -2.28. The van der Waals surface area contributed by atoms with Gasteiger partial charge in [-0.3, -0.25) is 0 Å². The van der Waals surface area contributed by atoms with Crippen LogP contribution in [0.15, 0.2) is 42.7 Å². The summed E-state index contributed by atoms with van der Waals surface area (Å²) in [5, 5.41) is 26.0. The summed E-state index contributed by atoms with van der Waals surface area (Å²) in [7, 11) is 1.61. The van der Waals surface area contributed by atoms with E-state index in [2.05, 4.69) is 31.7 Å². The summed E-state index contributed by atoms with van der Waals surface area (Å²) in [6, 6.07) is 11.4. The van der Waals surface area contributed by atoms with E-state index in [0.717, 1.165) is 16.8 Å². The van der Waals surface area contributed by atoms with Gasteiger partial charge in [0.15, 0.2) is 0 Å². The van der Waals surface area contributed by atoms with Crippen LogP contribution in [0.4, 0.5) is 17.3 Å². The first kappa shape index (κ1) is 21.5. The van der Waals surface area contributed by atoms with Crippen LogP contribution in [0.3, 0.4) is 0 Å². The van der Waals surface area contributed by atoms with Gasteiger partial charge in [-0.05, 0) is 35.9 Å². The first-order chi connectivity index (χ1) is 15.6. The van der Waals surface area contributed by atoms with Crippen molar-refractivity contribution in [2.75, 3.05) is 44.1 Å². The predicted molar refractivity (Wildman–Crippen MR) is 120 cm³/mol. The molecule has 1 unspecified atom stereocenters. The second-order valence-corrected chi connectivity index (χ2v) is 7.72. The standard InChI is InChI=1S/C23H24N6O3/c1-23(14-30)13-27-20-16(12-24)10-15(11-17(20)23)18-5-7-26-22(28-18)29-19-4-3-6-25-21(19)32-9-8-31-2/h3-7,10-11,27,30H,8-9,13-14H2,1-2H3,(H,26,28,29).